The normalized spacial score (nSPS) is 13.4. The summed E-state index contributed by atoms with van der Waals surface area (Å²) in [4.78, 5) is 31.3. The molecule has 0 atom stereocenters. The second kappa shape index (κ2) is 9.11. The highest BCUT2D eigenvalue weighted by molar-refractivity contribution is 6.34. The molecule has 1 aromatic heterocycles. The molecule has 0 aliphatic carbocycles. The summed E-state index contributed by atoms with van der Waals surface area (Å²) in [6, 6.07) is 18.1. The molecule has 5 rings (SSSR count). The maximum absolute atomic E-state index is 14.2. The summed E-state index contributed by atoms with van der Waals surface area (Å²) in [6.07, 6.45) is 2.72. The third-order valence-corrected chi connectivity index (χ3v) is 5.96. The molecule has 2 amide bonds. The quantitative estimate of drug-likeness (QED) is 0.374. The molecule has 1 aliphatic rings. The Bertz CT molecular complexity index is 1400. The van der Waals surface area contributed by atoms with Gasteiger partial charge in [-0.1, -0.05) is 35.9 Å². The summed E-state index contributed by atoms with van der Waals surface area (Å²) in [7, 11) is 0. The third kappa shape index (κ3) is 4.18. The van der Waals surface area contributed by atoms with Gasteiger partial charge >= 0.3 is 0 Å². The van der Waals surface area contributed by atoms with Crippen LogP contribution < -0.4 is 10.2 Å². The molecule has 0 spiro atoms. The minimum Gasteiger partial charge on any atom is -0.436 e. The Morgan fingerprint density at radius 3 is 2.59 bits per heavy atom. The van der Waals surface area contributed by atoms with Crippen molar-refractivity contribution >= 4 is 34.8 Å². The van der Waals surface area contributed by atoms with Crippen molar-refractivity contribution in [1.29, 1.82) is 0 Å². The SMILES string of the molecule is O=C(Nc1cc(N2CCCC2=O)ccc1Cl)c1ccccc1-c1ncc(-c2ccccc2F)o1. The van der Waals surface area contributed by atoms with E-state index in [0.717, 1.165) is 6.42 Å². The van der Waals surface area contributed by atoms with Crippen LogP contribution in [0.5, 0.6) is 0 Å². The summed E-state index contributed by atoms with van der Waals surface area (Å²) in [5.74, 6) is -0.365. The smallest absolute Gasteiger partial charge is 0.256 e. The van der Waals surface area contributed by atoms with Crippen LogP contribution in [0, 0.1) is 5.82 Å². The molecule has 170 valence electrons. The van der Waals surface area contributed by atoms with Crippen molar-refractivity contribution in [3.05, 3.63) is 89.3 Å². The van der Waals surface area contributed by atoms with Crippen LogP contribution in [0.3, 0.4) is 0 Å². The number of nitrogens with one attached hydrogen (secondary N) is 1. The number of hydrogen-bond donors (Lipinski definition) is 1. The molecule has 34 heavy (non-hydrogen) atoms. The number of carbonyl (C=O) groups excluding carboxylic acids is 2. The molecule has 3 aromatic carbocycles. The van der Waals surface area contributed by atoms with E-state index in [0.29, 0.717) is 40.5 Å². The number of nitrogens with zero attached hydrogens (tertiary/aromatic N) is 2. The summed E-state index contributed by atoms with van der Waals surface area (Å²) in [5.41, 5.74) is 2.10. The van der Waals surface area contributed by atoms with E-state index in [9.17, 15) is 14.0 Å². The Kier molecular flexibility index (Phi) is 5.86. The van der Waals surface area contributed by atoms with Gasteiger partial charge < -0.3 is 14.6 Å². The largest absolute Gasteiger partial charge is 0.436 e. The number of hydrogen-bond acceptors (Lipinski definition) is 4. The Morgan fingerprint density at radius 1 is 1.06 bits per heavy atom. The molecule has 0 saturated carbocycles. The fraction of sp³-hybridized carbons (Fsp3) is 0.115. The first-order chi connectivity index (χ1) is 16.5. The van der Waals surface area contributed by atoms with Crippen LogP contribution in [0.1, 0.15) is 23.2 Å². The van der Waals surface area contributed by atoms with Crippen molar-refractivity contribution in [2.75, 3.05) is 16.8 Å². The summed E-state index contributed by atoms with van der Waals surface area (Å²) in [5, 5.41) is 3.17. The van der Waals surface area contributed by atoms with Crippen molar-refractivity contribution in [3.63, 3.8) is 0 Å². The van der Waals surface area contributed by atoms with Crippen LogP contribution in [0.15, 0.2) is 77.3 Å². The van der Waals surface area contributed by atoms with Crippen molar-refractivity contribution in [3.8, 4) is 22.8 Å². The third-order valence-electron chi connectivity index (χ3n) is 5.63. The van der Waals surface area contributed by atoms with E-state index in [1.54, 1.807) is 65.6 Å². The Morgan fingerprint density at radius 2 is 1.82 bits per heavy atom. The maximum Gasteiger partial charge on any atom is 0.256 e. The van der Waals surface area contributed by atoms with Crippen molar-refractivity contribution in [2.24, 2.45) is 0 Å². The van der Waals surface area contributed by atoms with E-state index in [-0.39, 0.29) is 23.1 Å². The molecular formula is C26H19ClFN3O3. The summed E-state index contributed by atoms with van der Waals surface area (Å²) in [6.45, 7) is 0.630. The molecule has 8 heteroatoms. The highest BCUT2D eigenvalue weighted by Crippen LogP contribution is 2.32. The van der Waals surface area contributed by atoms with E-state index < -0.39 is 11.7 Å². The number of halogens is 2. The van der Waals surface area contributed by atoms with Gasteiger partial charge in [0, 0.05) is 24.2 Å². The van der Waals surface area contributed by atoms with Gasteiger partial charge in [0.1, 0.15) is 5.82 Å². The monoisotopic (exact) mass is 475 g/mol. The summed E-state index contributed by atoms with van der Waals surface area (Å²) >= 11 is 6.33. The van der Waals surface area contributed by atoms with Crippen LogP contribution in [0.25, 0.3) is 22.8 Å². The van der Waals surface area contributed by atoms with Crippen molar-refractivity contribution in [1.82, 2.24) is 4.98 Å². The lowest BCUT2D eigenvalue weighted by atomic mass is 10.1. The maximum atomic E-state index is 14.2. The Labute approximate surface area is 200 Å². The molecule has 1 fully saturated rings. The van der Waals surface area contributed by atoms with Gasteiger partial charge in [0.2, 0.25) is 11.8 Å². The van der Waals surface area contributed by atoms with Gasteiger partial charge in [0.25, 0.3) is 5.91 Å². The predicted octanol–water partition coefficient (Wildman–Crippen LogP) is 6.18. The first kappa shape index (κ1) is 21.9. The number of carbonyl (C=O) groups is 2. The molecule has 1 aliphatic heterocycles. The van der Waals surface area contributed by atoms with Gasteiger partial charge in [-0.25, -0.2) is 9.37 Å². The Balaban J connectivity index is 1.44. The van der Waals surface area contributed by atoms with Crippen LogP contribution in [-0.2, 0) is 4.79 Å². The zero-order chi connectivity index (χ0) is 23.7. The lowest BCUT2D eigenvalue weighted by molar-refractivity contribution is -0.117. The van der Waals surface area contributed by atoms with E-state index >= 15 is 0 Å². The summed E-state index contributed by atoms with van der Waals surface area (Å²) < 4.78 is 20.0. The fourth-order valence-corrected chi connectivity index (χ4v) is 4.10. The highest BCUT2D eigenvalue weighted by atomic mass is 35.5. The molecule has 4 aromatic rings. The lowest BCUT2D eigenvalue weighted by Crippen LogP contribution is -2.24. The molecule has 0 bridgehead atoms. The minimum absolute atomic E-state index is 0.0412. The number of benzene rings is 3. The first-order valence-electron chi connectivity index (χ1n) is 10.7. The molecule has 2 heterocycles. The van der Waals surface area contributed by atoms with Gasteiger partial charge in [-0.3, -0.25) is 9.59 Å². The minimum atomic E-state index is -0.428. The molecule has 0 radical (unpaired) electrons. The zero-order valence-electron chi connectivity index (χ0n) is 17.9. The lowest BCUT2D eigenvalue weighted by Gasteiger charge is -2.18. The molecular weight excluding hydrogens is 457 g/mol. The number of amides is 2. The topological polar surface area (TPSA) is 75.4 Å². The molecule has 6 nitrogen and oxygen atoms in total. The average molecular weight is 476 g/mol. The van der Waals surface area contributed by atoms with Gasteiger partial charge in [-0.2, -0.15) is 0 Å². The highest BCUT2D eigenvalue weighted by Gasteiger charge is 2.23. The predicted molar refractivity (Wildman–Crippen MR) is 128 cm³/mol. The van der Waals surface area contributed by atoms with Gasteiger partial charge in [0.05, 0.1) is 28.0 Å². The van der Waals surface area contributed by atoms with Crippen molar-refractivity contribution in [2.45, 2.75) is 12.8 Å². The van der Waals surface area contributed by atoms with Crippen molar-refractivity contribution < 1.29 is 18.4 Å². The number of aromatic nitrogens is 1. The number of oxazole rings is 1. The van der Waals surface area contributed by atoms with E-state index in [1.165, 1.54) is 12.3 Å². The van der Waals surface area contributed by atoms with Crippen LogP contribution >= 0.6 is 11.6 Å². The molecule has 1 N–H and O–H groups in total. The molecule has 1 saturated heterocycles. The van der Waals surface area contributed by atoms with Crippen LogP contribution in [0.4, 0.5) is 15.8 Å². The number of anilines is 2. The van der Waals surface area contributed by atoms with Crippen LogP contribution in [-0.4, -0.2) is 23.3 Å². The van der Waals surface area contributed by atoms with Gasteiger partial charge in [-0.15, -0.1) is 0 Å². The first-order valence-corrected chi connectivity index (χ1v) is 11.1. The van der Waals surface area contributed by atoms with Crippen LogP contribution in [0.2, 0.25) is 5.02 Å². The second-order valence-corrected chi connectivity index (χ2v) is 8.23. The fourth-order valence-electron chi connectivity index (χ4n) is 3.94. The second-order valence-electron chi connectivity index (χ2n) is 7.82. The van der Waals surface area contributed by atoms with E-state index in [2.05, 4.69) is 10.3 Å². The molecule has 0 unspecified atom stereocenters. The average Bonchev–Trinajstić information content (AvgIpc) is 3.50. The van der Waals surface area contributed by atoms with E-state index in [4.69, 9.17) is 16.0 Å². The standard InChI is InChI=1S/C26H19ClFN3O3/c27-20-12-11-16(31-13-5-10-24(31)32)14-22(20)30-25(33)17-6-1-2-7-18(17)26-29-15-23(34-26)19-8-3-4-9-21(19)28/h1-4,6-9,11-12,14-15H,5,10,13H2,(H,30,33). The zero-order valence-corrected chi connectivity index (χ0v) is 18.7. The van der Waals surface area contributed by atoms with Gasteiger partial charge in [-0.05, 0) is 48.9 Å². The van der Waals surface area contributed by atoms with E-state index in [1.807, 2.05) is 0 Å². The Hall–Kier alpha value is -3.97. The number of rotatable bonds is 5. The van der Waals surface area contributed by atoms with Gasteiger partial charge in [0.15, 0.2) is 5.76 Å².